The SMILES string of the molecule is C1=CC(N(c2cccc(-c3ccccc3)c2)c2ccc3c4cccc5c4n4c3c2Oc2cccc(c2-4)O5)=C2c3ccccc3OC2C1. The molecule has 5 nitrogen and oxygen atoms in total. The van der Waals surface area contributed by atoms with Gasteiger partial charge in [-0.1, -0.05) is 84.9 Å². The van der Waals surface area contributed by atoms with Gasteiger partial charge in [0.15, 0.2) is 23.0 Å². The van der Waals surface area contributed by atoms with E-state index in [-0.39, 0.29) is 6.10 Å². The minimum absolute atomic E-state index is 0.0618. The first kappa shape index (κ1) is 25.0. The summed E-state index contributed by atoms with van der Waals surface area (Å²) < 4.78 is 22.3. The summed E-state index contributed by atoms with van der Waals surface area (Å²) in [5.41, 5.74) is 10.8. The molecule has 222 valence electrons. The van der Waals surface area contributed by atoms with Crippen molar-refractivity contribution in [2.24, 2.45) is 0 Å². The van der Waals surface area contributed by atoms with Crippen molar-refractivity contribution in [1.82, 2.24) is 4.57 Å². The maximum atomic E-state index is 6.99. The van der Waals surface area contributed by atoms with Gasteiger partial charge in [-0.25, -0.2) is 0 Å². The lowest BCUT2D eigenvalue weighted by molar-refractivity contribution is 0.278. The number of rotatable bonds is 4. The first-order valence-electron chi connectivity index (χ1n) is 16.0. The number of hydrogen-bond donors (Lipinski definition) is 0. The molecule has 0 fully saturated rings. The summed E-state index contributed by atoms with van der Waals surface area (Å²) in [5.74, 6) is 4.17. The second-order valence-corrected chi connectivity index (χ2v) is 12.4. The van der Waals surface area contributed by atoms with Crippen molar-refractivity contribution in [3.05, 3.63) is 151 Å². The molecule has 0 bridgehead atoms. The van der Waals surface area contributed by atoms with E-state index < -0.39 is 0 Å². The van der Waals surface area contributed by atoms with E-state index in [1.165, 1.54) is 11.1 Å². The third-order valence-corrected chi connectivity index (χ3v) is 9.83. The molecule has 7 aromatic rings. The number of nitrogens with zero attached hydrogens (tertiary/aromatic N) is 2. The number of aromatic nitrogens is 1. The van der Waals surface area contributed by atoms with Crippen LogP contribution in [0.15, 0.2) is 145 Å². The molecule has 0 amide bonds. The lowest BCUT2D eigenvalue weighted by Crippen LogP contribution is -2.24. The number of ether oxygens (including phenoxy) is 3. The summed E-state index contributed by atoms with van der Waals surface area (Å²) in [7, 11) is 0. The lowest BCUT2D eigenvalue weighted by atomic mass is 9.93. The molecular formula is C42H26N2O3. The van der Waals surface area contributed by atoms with Crippen LogP contribution in [0.5, 0.6) is 28.7 Å². The second-order valence-electron chi connectivity index (χ2n) is 12.4. The van der Waals surface area contributed by atoms with Gasteiger partial charge < -0.3 is 19.1 Å². The predicted molar refractivity (Wildman–Crippen MR) is 186 cm³/mol. The Morgan fingerprint density at radius 3 is 2.30 bits per heavy atom. The van der Waals surface area contributed by atoms with Gasteiger partial charge in [0, 0.05) is 34.0 Å². The summed E-state index contributed by atoms with van der Waals surface area (Å²) in [5, 5.41) is 2.28. The van der Waals surface area contributed by atoms with Crippen LogP contribution in [0.4, 0.5) is 11.4 Å². The normalized spacial score (nSPS) is 16.1. The molecule has 3 aliphatic heterocycles. The summed E-state index contributed by atoms with van der Waals surface area (Å²) in [6, 6.07) is 44.5. The molecule has 6 aromatic carbocycles. The van der Waals surface area contributed by atoms with E-state index in [1.807, 2.05) is 24.3 Å². The van der Waals surface area contributed by atoms with Crippen LogP contribution in [0.2, 0.25) is 0 Å². The monoisotopic (exact) mass is 606 g/mol. The molecule has 0 spiro atoms. The van der Waals surface area contributed by atoms with E-state index in [0.717, 1.165) is 90.9 Å². The third-order valence-electron chi connectivity index (χ3n) is 9.83. The van der Waals surface area contributed by atoms with E-state index in [0.29, 0.717) is 0 Å². The molecule has 5 heteroatoms. The van der Waals surface area contributed by atoms with Crippen molar-refractivity contribution < 1.29 is 14.2 Å². The molecule has 0 N–H and O–H groups in total. The van der Waals surface area contributed by atoms with Crippen molar-refractivity contribution >= 4 is 38.8 Å². The molecule has 0 saturated heterocycles. The highest BCUT2D eigenvalue weighted by atomic mass is 16.5. The highest BCUT2D eigenvalue weighted by Crippen LogP contribution is 2.57. The van der Waals surface area contributed by atoms with Gasteiger partial charge in [0.05, 0.1) is 22.4 Å². The molecule has 0 saturated carbocycles. The summed E-state index contributed by atoms with van der Waals surface area (Å²) in [4.78, 5) is 2.37. The van der Waals surface area contributed by atoms with Gasteiger partial charge in [0.1, 0.15) is 17.5 Å². The topological polar surface area (TPSA) is 35.9 Å². The third kappa shape index (κ3) is 3.38. The standard InChI is InChI=1S/C42H26N2O3/c1-2-10-25(11-3-1)26-12-6-13-27(24-26)43(31-16-8-18-34-38(31)30-14-4-5-17-33(30)45-34)32-23-22-29-28-15-7-19-35-39(28)44-40(29)42(32)47-37-21-9-20-36(46-35)41(37)44/h1-17,19-24,34H,18H2. The number of allylic oxidation sites excluding steroid dienone is 1. The highest BCUT2D eigenvalue weighted by molar-refractivity contribution is 6.16. The number of benzene rings is 6. The fraction of sp³-hybridized carbons (Fsp3) is 0.0476. The van der Waals surface area contributed by atoms with Crippen molar-refractivity contribution in [1.29, 1.82) is 0 Å². The molecule has 11 rings (SSSR count). The summed E-state index contributed by atoms with van der Waals surface area (Å²) in [6.45, 7) is 0. The van der Waals surface area contributed by atoms with Gasteiger partial charge in [-0.05, 0) is 65.7 Å². The first-order valence-corrected chi connectivity index (χ1v) is 16.0. The zero-order valence-corrected chi connectivity index (χ0v) is 25.2. The van der Waals surface area contributed by atoms with E-state index >= 15 is 0 Å². The van der Waals surface area contributed by atoms with Crippen LogP contribution < -0.4 is 19.1 Å². The number of anilines is 2. The second kappa shape index (κ2) is 9.18. The van der Waals surface area contributed by atoms with E-state index in [2.05, 4.69) is 125 Å². The van der Waals surface area contributed by atoms with Gasteiger partial charge in [0.25, 0.3) is 0 Å². The van der Waals surface area contributed by atoms with Crippen LogP contribution in [0.3, 0.4) is 0 Å². The van der Waals surface area contributed by atoms with E-state index in [9.17, 15) is 0 Å². The molecule has 1 aromatic heterocycles. The Bertz CT molecular complexity index is 2540. The Morgan fingerprint density at radius 2 is 1.36 bits per heavy atom. The summed E-state index contributed by atoms with van der Waals surface area (Å²) in [6.07, 6.45) is 5.24. The molecule has 4 aliphatic rings. The maximum Gasteiger partial charge on any atom is 0.176 e. The Balaban J connectivity index is 1.24. The Labute approximate surface area is 270 Å². The quantitative estimate of drug-likeness (QED) is 0.200. The van der Waals surface area contributed by atoms with Gasteiger partial charge >= 0.3 is 0 Å². The first-order chi connectivity index (χ1) is 23.3. The van der Waals surface area contributed by atoms with Crippen LogP contribution in [0.25, 0.3) is 44.2 Å². The number of fused-ring (bicyclic) bond motifs is 4. The maximum absolute atomic E-state index is 6.99. The minimum Gasteiger partial charge on any atom is -0.485 e. The van der Waals surface area contributed by atoms with Crippen LogP contribution >= 0.6 is 0 Å². The van der Waals surface area contributed by atoms with Crippen molar-refractivity contribution in [3.63, 3.8) is 0 Å². The van der Waals surface area contributed by atoms with Crippen LogP contribution in [-0.4, -0.2) is 10.7 Å². The number of hydrogen-bond acceptors (Lipinski definition) is 4. The van der Waals surface area contributed by atoms with E-state index in [1.54, 1.807) is 0 Å². The molecule has 4 heterocycles. The van der Waals surface area contributed by atoms with Crippen LogP contribution in [0.1, 0.15) is 12.0 Å². The fourth-order valence-electron chi connectivity index (χ4n) is 7.88. The van der Waals surface area contributed by atoms with Gasteiger partial charge in [-0.15, -0.1) is 0 Å². The predicted octanol–water partition coefficient (Wildman–Crippen LogP) is 10.9. The highest BCUT2D eigenvalue weighted by Gasteiger charge is 2.38. The average molecular weight is 607 g/mol. The van der Waals surface area contributed by atoms with E-state index in [4.69, 9.17) is 14.2 Å². The molecule has 1 aliphatic carbocycles. The molecule has 1 unspecified atom stereocenters. The molecule has 0 radical (unpaired) electrons. The van der Waals surface area contributed by atoms with Crippen LogP contribution in [-0.2, 0) is 0 Å². The van der Waals surface area contributed by atoms with Gasteiger partial charge in [0.2, 0.25) is 0 Å². The molecule has 1 atom stereocenters. The zero-order valence-electron chi connectivity index (χ0n) is 25.2. The van der Waals surface area contributed by atoms with Crippen molar-refractivity contribution in [2.75, 3.05) is 4.90 Å². The van der Waals surface area contributed by atoms with Gasteiger partial charge in [-0.2, -0.15) is 0 Å². The van der Waals surface area contributed by atoms with Crippen molar-refractivity contribution in [3.8, 4) is 45.6 Å². The Kier molecular flexibility index (Phi) is 4.89. The lowest BCUT2D eigenvalue weighted by Gasteiger charge is -2.34. The molecular weight excluding hydrogens is 580 g/mol. The zero-order chi connectivity index (χ0) is 30.6. The average Bonchev–Trinajstić information content (AvgIpc) is 3.68. The smallest absolute Gasteiger partial charge is 0.176 e. The number of para-hydroxylation sites is 3. The van der Waals surface area contributed by atoms with Crippen LogP contribution in [0, 0.1) is 0 Å². The van der Waals surface area contributed by atoms with Crippen molar-refractivity contribution in [2.45, 2.75) is 12.5 Å². The molecule has 47 heavy (non-hydrogen) atoms. The fourth-order valence-corrected chi connectivity index (χ4v) is 7.88. The van der Waals surface area contributed by atoms with Gasteiger partial charge in [-0.3, -0.25) is 4.57 Å². The minimum atomic E-state index is -0.0618. The Morgan fingerprint density at radius 1 is 0.617 bits per heavy atom. The Hall–Kier alpha value is -6.20. The largest absolute Gasteiger partial charge is 0.485 e. The summed E-state index contributed by atoms with van der Waals surface area (Å²) >= 11 is 0.